The van der Waals surface area contributed by atoms with Crippen LogP contribution in [-0.2, 0) is 9.84 Å². The summed E-state index contributed by atoms with van der Waals surface area (Å²) in [5.74, 6) is -0.0926. The van der Waals surface area contributed by atoms with Crippen molar-refractivity contribution in [1.29, 1.82) is 0 Å². The van der Waals surface area contributed by atoms with Gasteiger partial charge < -0.3 is 5.11 Å². The van der Waals surface area contributed by atoms with E-state index >= 15 is 0 Å². The summed E-state index contributed by atoms with van der Waals surface area (Å²) >= 11 is 0. The lowest BCUT2D eigenvalue weighted by Crippen LogP contribution is -2.25. The first-order valence-electron chi connectivity index (χ1n) is 12.0. The van der Waals surface area contributed by atoms with Crippen molar-refractivity contribution in [2.24, 2.45) is 5.92 Å². The Balaban J connectivity index is 1.45. The van der Waals surface area contributed by atoms with Crippen LogP contribution < -0.4 is 0 Å². The van der Waals surface area contributed by atoms with E-state index in [9.17, 15) is 13.5 Å². The zero-order valence-corrected chi connectivity index (χ0v) is 19.3. The summed E-state index contributed by atoms with van der Waals surface area (Å²) in [5.41, 5.74) is 0. The summed E-state index contributed by atoms with van der Waals surface area (Å²) < 4.78 is 25.2. The Bertz CT molecular complexity index is 656. The maximum absolute atomic E-state index is 12.6. The fourth-order valence-electron chi connectivity index (χ4n) is 4.34. The fraction of sp³-hybridized carbons (Fsp3) is 0.760. The predicted octanol–water partition coefficient (Wildman–Crippen LogP) is 7.04. The van der Waals surface area contributed by atoms with Crippen LogP contribution in [0.5, 0.6) is 0 Å². The van der Waals surface area contributed by atoms with Gasteiger partial charge in [-0.3, -0.25) is 0 Å². The summed E-state index contributed by atoms with van der Waals surface area (Å²) in [4.78, 5) is -1.28. The summed E-state index contributed by atoms with van der Waals surface area (Å²) in [6.45, 7) is 2.27. The highest BCUT2D eigenvalue weighted by Gasteiger charge is 2.62. The van der Waals surface area contributed by atoms with Crippen molar-refractivity contribution >= 4 is 9.84 Å². The highest BCUT2D eigenvalue weighted by Crippen LogP contribution is 2.52. The molecular weight excluding hydrogens is 380 g/mol. The SMILES string of the molecule is CCCCCCCCCCCCCCCCC1CC1(O)S(=O)(=O)c1ccccc1. The van der Waals surface area contributed by atoms with Crippen LogP contribution in [0.1, 0.15) is 110 Å². The summed E-state index contributed by atoms with van der Waals surface area (Å²) in [6.07, 6.45) is 19.7. The fourth-order valence-corrected chi connectivity index (χ4v) is 6.24. The van der Waals surface area contributed by atoms with Gasteiger partial charge in [-0.05, 0) is 25.0 Å². The van der Waals surface area contributed by atoms with Crippen molar-refractivity contribution in [3.63, 3.8) is 0 Å². The maximum Gasteiger partial charge on any atom is 0.208 e. The molecule has 0 radical (unpaired) electrons. The molecule has 1 aromatic rings. The Labute approximate surface area is 179 Å². The number of aliphatic hydroxyl groups is 1. The average molecular weight is 423 g/mol. The molecule has 2 unspecified atom stereocenters. The molecule has 4 heteroatoms. The van der Waals surface area contributed by atoms with Gasteiger partial charge in [-0.25, -0.2) is 8.42 Å². The van der Waals surface area contributed by atoms with Gasteiger partial charge in [-0.15, -0.1) is 0 Å². The lowest BCUT2D eigenvalue weighted by atomic mass is 10.0. The highest BCUT2D eigenvalue weighted by molar-refractivity contribution is 7.93. The molecule has 1 fully saturated rings. The molecular formula is C25H42O3S. The van der Waals surface area contributed by atoms with Crippen molar-refractivity contribution in [1.82, 2.24) is 0 Å². The summed E-state index contributed by atoms with van der Waals surface area (Å²) in [5, 5.41) is 10.6. The van der Waals surface area contributed by atoms with Gasteiger partial charge in [-0.1, -0.05) is 115 Å². The number of hydrogen-bond acceptors (Lipinski definition) is 3. The van der Waals surface area contributed by atoms with Crippen LogP contribution in [0.4, 0.5) is 0 Å². The highest BCUT2D eigenvalue weighted by atomic mass is 32.2. The van der Waals surface area contributed by atoms with E-state index < -0.39 is 14.8 Å². The molecule has 1 aromatic carbocycles. The Hall–Kier alpha value is -0.870. The molecule has 2 rings (SSSR count). The summed E-state index contributed by atoms with van der Waals surface area (Å²) in [7, 11) is -3.63. The van der Waals surface area contributed by atoms with Gasteiger partial charge >= 0.3 is 0 Å². The Morgan fingerprint density at radius 1 is 0.793 bits per heavy atom. The Kier molecular flexibility index (Phi) is 10.7. The molecule has 1 N–H and O–H groups in total. The topological polar surface area (TPSA) is 54.4 Å². The standard InChI is InChI=1S/C25H42O3S/c1-2-3-4-5-6-7-8-9-10-11-12-13-14-16-19-23-22-25(23,26)29(27,28)24-20-17-15-18-21-24/h15,17-18,20-21,23,26H,2-14,16,19,22H2,1H3. The smallest absolute Gasteiger partial charge is 0.208 e. The Morgan fingerprint density at radius 3 is 1.72 bits per heavy atom. The monoisotopic (exact) mass is 422 g/mol. The van der Waals surface area contributed by atoms with E-state index in [0.29, 0.717) is 6.42 Å². The van der Waals surface area contributed by atoms with Gasteiger partial charge in [0.15, 0.2) is 4.93 Å². The zero-order valence-electron chi connectivity index (χ0n) is 18.4. The molecule has 0 spiro atoms. The third kappa shape index (κ3) is 7.71. The van der Waals surface area contributed by atoms with E-state index in [1.54, 1.807) is 30.3 Å². The number of rotatable bonds is 17. The van der Waals surface area contributed by atoms with E-state index in [0.717, 1.165) is 19.3 Å². The number of benzene rings is 1. The largest absolute Gasteiger partial charge is 0.374 e. The molecule has 0 amide bonds. The van der Waals surface area contributed by atoms with Crippen LogP contribution in [0.25, 0.3) is 0 Å². The molecule has 166 valence electrons. The van der Waals surface area contributed by atoms with Gasteiger partial charge in [0.05, 0.1) is 4.90 Å². The molecule has 1 aliphatic carbocycles. The molecule has 29 heavy (non-hydrogen) atoms. The molecule has 3 nitrogen and oxygen atoms in total. The minimum atomic E-state index is -3.63. The van der Waals surface area contributed by atoms with Crippen molar-refractivity contribution in [3.8, 4) is 0 Å². The van der Waals surface area contributed by atoms with Gasteiger partial charge in [0.1, 0.15) is 0 Å². The van der Waals surface area contributed by atoms with Crippen molar-refractivity contribution in [3.05, 3.63) is 30.3 Å². The third-order valence-corrected chi connectivity index (χ3v) is 8.77. The zero-order chi connectivity index (χ0) is 21.0. The second-order valence-electron chi connectivity index (χ2n) is 8.95. The first-order chi connectivity index (χ1) is 14.0. The van der Waals surface area contributed by atoms with Crippen molar-refractivity contribution in [2.45, 2.75) is 119 Å². The Morgan fingerprint density at radius 2 is 1.24 bits per heavy atom. The van der Waals surface area contributed by atoms with Crippen LogP contribution >= 0.6 is 0 Å². The van der Waals surface area contributed by atoms with Crippen molar-refractivity contribution in [2.75, 3.05) is 0 Å². The van der Waals surface area contributed by atoms with Crippen LogP contribution in [0.15, 0.2) is 35.2 Å². The van der Waals surface area contributed by atoms with Crippen LogP contribution in [0.3, 0.4) is 0 Å². The predicted molar refractivity (Wildman–Crippen MR) is 122 cm³/mol. The van der Waals surface area contributed by atoms with Crippen LogP contribution in [0.2, 0.25) is 0 Å². The lowest BCUT2D eigenvalue weighted by Gasteiger charge is -2.12. The van der Waals surface area contributed by atoms with E-state index in [1.807, 2.05) is 0 Å². The van der Waals surface area contributed by atoms with E-state index in [-0.39, 0.29) is 10.8 Å². The quantitative estimate of drug-likeness (QED) is 0.274. The molecule has 1 saturated carbocycles. The van der Waals surface area contributed by atoms with Crippen LogP contribution in [0, 0.1) is 5.92 Å². The number of hydrogen-bond donors (Lipinski definition) is 1. The molecule has 0 bridgehead atoms. The molecule has 0 saturated heterocycles. The average Bonchev–Trinajstić information content (AvgIpc) is 3.41. The van der Waals surface area contributed by atoms with E-state index in [4.69, 9.17) is 0 Å². The second-order valence-corrected chi connectivity index (χ2v) is 11.1. The normalized spacial score (nSPS) is 21.4. The number of sulfone groups is 1. The molecule has 0 heterocycles. The first kappa shape index (κ1) is 24.4. The molecule has 2 atom stereocenters. The van der Waals surface area contributed by atoms with Gasteiger partial charge in [0, 0.05) is 5.92 Å². The molecule has 0 aromatic heterocycles. The third-order valence-electron chi connectivity index (χ3n) is 6.44. The van der Waals surface area contributed by atoms with E-state index in [1.165, 1.54) is 77.0 Å². The van der Waals surface area contributed by atoms with Gasteiger partial charge in [-0.2, -0.15) is 0 Å². The maximum atomic E-state index is 12.6. The summed E-state index contributed by atoms with van der Waals surface area (Å²) in [6, 6.07) is 8.37. The van der Waals surface area contributed by atoms with E-state index in [2.05, 4.69) is 6.92 Å². The molecule has 1 aliphatic rings. The minimum Gasteiger partial charge on any atom is -0.374 e. The van der Waals surface area contributed by atoms with Gasteiger partial charge in [0.2, 0.25) is 9.84 Å². The minimum absolute atomic E-state index is 0.0926. The first-order valence-corrected chi connectivity index (χ1v) is 13.5. The lowest BCUT2D eigenvalue weighted by molar-refractivity contribution is 0.207. The van der Waals surface area contributed by atoms with Gasteiger partial charge in [0.25, 0.3) is 0 Å². The number of unbranched alkanes of at least 4 members (excludes halogenated alkanes) is 13. The van der Waals surface area contributed by atoms with Crippen molar-refractivity contribution < 1.29 is 13.5 Å². The molecule has 0 aliphatic heterocycles. The van der Waals surface area contributed by atoms with Crippen LogP contribution in [-0.4, -0.2) is 18.5 Å². The second kappa shape index (κ2) is 12.7.